The molecule has 19 heavy (non-hydrogen) atoms. The van der Waals surface area contributed by atoms with Gasteiger partial charge in [-0.2, -0.15) is 0 Å². The van der Waals surface area contributed by atoms with Crippen LogP contribution in [-0.2, 0) is 9.59 Å². The Hall–Kier alpha value is -1.86. The highest BCUT2D eigenvalue weighted by atomic mass is 32.2. The molecule has 1 aromatic carbocycles. The molecule has 98 valence electrons. The van der Waals surface area contributed by atoms with E-state index in [2.05, 4.69) is 15.6 Å². The van der Waals surface area contributed by atoms with Crippen LogP contribution in [-0.4, -0.2) is 23.1 Å². The van der Waals surface area contributed by atoms with Gasteiger partial charge in [0.15, 0.2) is 5.13 Å². The second-order valence-corrected chi connectivity index (χ2v) is 5.25. The Morgan fingerprint density at radius 2 is 2.05 bits per heavy atom. The van der Waals surface area contributed by atoms with Crippen molar-refractivity contribution in [1.29, 1.82) is 0 Å². The van der Waals surface area contributed by atoms with Gasteiger partial charge in [0.25, 0.3) is 0 Å². The van der Waals surface area contributed by atoms with Gasteiger partial charge in [-0.3, -0.25) is 14.9 Å². The average molecular weight is 293 g/mol. The Kier molecular flexibility index (Phi) is 4.53. The summed E-state index contributed by atoms with van der Waals surface area (Å²) in [5, 5.41) is 7.08. The van der Waals surface area contributed by atoms with Crippen molar-refractivity contribution < 1.29 is 9.59 Å². The summed E-state index contributed by atoms with van der Waals surface area (Å²) in [7, 11) is 0. The molecule has 0 spiro atoms. The van der Waals surface area contributed by atoms with Crippen molar-refractivity contribution in [2.45, 2.75) is 4.90 Å². The molecular formula is C12H11N3O2S2. The first-order valence-corrected chi connectivity index (χ1v) is 7.45. The Morgan fingerprint density at radius 3 is 2.74 bits per heavy atom. The van der Waals surface area contributed by atoms with E-state index in [1.807, 2.05) is 18.4 Å². The van der Waals surface area contributed by atoms with E-state index < -0.39 is 11.8 Å². The van der Waals surface area contributed by atoms with Crippen molar-refractivity contribution in [2.24, 2.45) is 0 Å². The van der Waals surface area contributed by atoms with Crippen LogP contribution < -0.4 is 10.6 Å². The summed E-state index contributed by atoms with van der Waals surface area (Å²) in [4.78, 5) is 28.2. The second kappa shape index (κ2) is 6.35. The first kappa shape index (κ1) is 13.6. The zero-order valence-corrected chi connectivity index (χ0v) is 11.7. The van der Waals surface area contributed by atoms with Gasteiger partial charge in [0.2, 0.25) is 0 Å². The standard InChI is InChI=1S/C12H11N3O2S2/c1-18-9-4-2-3-8(7-9)14-10(16)11(17)15-12-13-5-6-19-12/h2-7H,1H3,(H,14,16)(H,13,15,17). The molecule has 0 fully saturated rings. The van der Waals surface area contributed by atoms with E-state index >= 15 is 0 Å². The molecule has 1 heterocycles. The number of thioether (sulfide) groups is 1. The number of hydrogen-bond acceptors (Lipinski definition) is 5. The molecule has 5 nitrogen and oxygen atoms in total. The minimum atomic E-state index is -0.732. The van der Waals surface area contributed by atoms with E-state index in [4.69, 9.17) is 0 Å². The van der Waals surface area contributed by atoms with Crippen molar-refractivity contribution >= 4 is 45.7 Å². The molecule has 2 aromatic rings. The predicted octanol–water partition coefficient (Wildman–Crippen LogP) is 2.44. The maximum Gasteiger partial charge on any atom is 0.315 e. The van der Waals surface area contributed by atoms with Crippen LogP contribution in [0.5, 0.6) is 0 Å². The fourth-order valence-corrected chi connectivity index (χ4v) is 2.31. The van der Waals surface area contributed by atoms with E-state index in [1.165, 1.54) is 11.3 Å². The summed E-state index contributed by atoms with van der Waals surface area (Å²) in [6.45, 7) is 0. The molecule has 0 radical (unpaired) electrons. The molecule has 0 aliphatic rings. The van der Waals surface area contributed by atoms with Gasteiger partial charge in [0, 0.05) is 22.2 Å². The molecule has 0 saturated heterocycles. The molecule has 0 bridgehead atoms. The summed E-state index contributed by atoms with van der Waals surface area (Å²) in [5.41, 5.74) is 0.589. The molecule has 0 saturated carbocycles. The highest BCUT2D eigenvalue weighted by molar-refractivity contribution is 7.98. The zero-order valence-electron chi connectivity index (χ0n) is 10.0. The summed E-state index contributed by atoms with van der Waals surface area (Å²) in [5.74, 6) is -1.45. The molecule has 1 aromatic heterocycles. The van der Waals surface area contributed by atoms with E-state index in [9.17, 15) is 9.59 Å². The number of carbonyl (C=O) groups is 2. The minimum absolute atomic E-state index is 0.401. The van der Waals surface area contributed by atoms with Crippen LogP contribution in [0.4, 0.5) is 10.8 Å². The lowest BCUT2D eigenvalue weighted by atomic mass is 10.3. The Balaban J connectivity index is 1.98. The maximum absolute atomic E-state index is 11.7. The first-order valence-electron chi connectivity index (χ1n) is 5.35. The lowest BCUT2D eigenvalue weighted by molar-refractivity contribution is -0.133. The summed E-state index contributed by atoms with van der Waals surface area (Å²) < 4.78 is 0. The number of rotatable bonds is 3. The van der Waals surface area contributed by atoms with Gasteiger partial charge in [-0.25, -0.2) is 4.98 Å². The highest BCUT2D eigenvalue weighted by Crippen LogP contribution is 2.19. The normalized spacial score (nSPS) is 9.95. The lowest BCUT2D eigenvalue weighted by Crippen LogP contribution is -2.28. The third-order valence-electron chi connectivity index (χ3n) is 2.19. The van der Waals surface area contributed by atoms with Gasteiger partial charge >= 0.3 is 11.8 Å². The molecule has 2 N–H and O–H groups in total. The molecule has 0 unspecified atom stereocenters. The van der Waals surface area contributed by atoms with Crippen LogP contribution >= 0.6 is 23.1 Å². The van der Waals surface area contributed by atoms with Gasteiger partial charge < -0.3 is 5.32 Å². The number of nitrogens with one attached hydrogen (secondary N) is 2. The smallest absolute Gasteiger partial charge is 0.315 e. The van der Waals surface area contributed by atoms with Crippen molar-refractivity contribution in [3.8, 4) is 0 Å². The molecule has 2 amide bonds. The van der Waals surface area contributed by atoms with Crippen LogP contribution in [0, 0.1) is 0 Å². The highest BCUT2D eigenvalue weighted by Gasteiger charge is 2.14. The SMILES string of the molecule is CSc1cccc(NC(=O)C(=O)Nc2nccs2)c1. The van der Waals surface area contributed by atoms with Crippen LogP contribution in [0.3, 0.4) is 0 Å². The third kappa shape index (κ3) is 3.80. The van der Waals surface area contributed by atoms with Gasteiger partial charge in [0.05, 0.1) is 0 Å². The van der Waals surface area contributed by atoms with E-state index in [1.54, 1.807) is 35.5 Å². The number of carbonyl (C=O) groups excluding carboxylic acids is 2. The molecule has 0 aliphatic carbocycles. The molecule has 7 heteroatoms. The maximum atomic E-state index is 11.7. The number of anilines is 2. The Morgan fingerprint density at radius 1 is 1.26 bits per heavy atom. The summed E-state index contributed by atoms with van der Waals surface area (Å²) in [6.07, 6.45) is 3.50. The van der Waals surface area contributed by atoms with Crippen LogP contribution in [0.15, 0.2) is 40.7 Å². The van der Waals surface area contributed by atoms with Crippen molar-refractivity contribution in [3.63, 3.8) is 0 Å². The van der Waals surface area contributed by atoms with E-state index in [-0.39, 0.29) is 0 Å². The topological polar surface area (TPSA) is 71.1 Å². The number of hydrogen-bond donors (Lipinski definition) is 2. The van der Waals surface area contributed by atoms with Gasteiger partial charge in [-0.1, -0.05) is 6.07 Å². The van der Waals surface area contributed by atoms with E-state index in [0.29, 0.717) is 10.8 Å². The fraction of sp³-hybridized carbons (Fsp3) is 0.0833. The first-order chi connectivity index (χ1) is 9.19. The average Bonchev–Trinajstić information content (AvgIpc) is 2.91. The third-order valence-corrected chi connectivity index (χ3v) is 3.60. The van der Waals surface area contributed by atoms with Crippen LogP contribution in [0.25, 0.3) is 0 Å². The quantitative estimate of drug-likeness (QED) is 0.673. The van der Waals surface area contributed by atoms with Gasteiger partial charge in [-0.15, -0.1) is 23.1 Å². The zero-order chi connectivity index (χ0) is 13.7. The number of thiazole rings is 1. The largest absolute Gasteiger partial charge is 0.318 e. The van der Waals surface area contributed by atoms with Crippen LogP contribution in [0.1, 0.15) is 0 Å². The molecular weight excluding hydrogens is 282 g/mol. The molecule has 0 aliphatic heterocycles. The Labute approximate surface area is 118 Å². The Bertz CT molecular complexity index is 584. The van der Waals surface area contributed by atoms with E-state index in [0.717, 1.165) is 4.90 Å². The number of amides is 2. The summed E-state index contributed by atoms with van der Waals surface area (Å²) >= 11 is 2.82. The number of aromatic nitrogens is 1. The fourth-order valence-electron chi connectivity index (χ4n) is 1.33. The molecule has 0 atom stereocenters. The second-order valence-electron chi connectivity index (χ2n) is 3.48. The molecule has 2 rings (SSSR count). The van der Waals surface area contributed by atoms with Crippen molar-refractivity contribution in [3.05, 3.63) is 35.8 Å². The monoisotopic (exact) mass is 293 g/mol. The van der Waals surface area contributed by atoms with Crippen molar-refractivity contribution in [1.82, 2.24) is 4.98 Å². The van der Waals surface area contributed by atoms with Gasteiger partial charge in [-0.05, 0) is 24.5 Å². The lowest BCUT2D eigenvalue weighted by Gasteiger charge is -2.05. The predicted molar refractivity (Wildman–Crippen MR) is 77.6 cm³/mol. The summed E-state index contributed by atoms with van der Waals surface area (Å²) in [6, 6.07) is 7.28. The number of nitrogens with zero attached hydrogens (tertiary/aromatic N) is 1. The number of benzene rings is 1. The van der Waals surface area contributed by atoms with Crippen molar-refractivity contribution in [2.75, 3.05) is 16.9 Å². The minimum Gasteiger partial charge on any atom is -0.318 e. The van der Waals surface area contributed by atoms with Crippen LogP contribution in [0.2, 0.25) is 0 Å². The van der Waals surface area contributed by atoms with Gasteiger partial charge in [0.1, 0.15) is 0 Å².